The summed E-state index contributed by atoms with van der Waals surface area (Å²) in [5, 5.41) is 21.4. The van der Waals surface area contributed by atoms with E-state index in [2.05, 4.69) is 25.4 Å². The number of aliphatic hydroxyl groups is 2. The molecular weight excluding hydrogens is 355 g/mol. The normalized spacial score (nSPS) is 11.7. The number of hydrogen-bond acceptors (Lipinski definition) is 3. The van der Waals surface area contributed by atoms with E-state index in [4.69, 9.17) is 4.74 Å². The average Bonchev–Trinajstić information content (AvgIpc) is 2.72. The van der Waals surface area contributed by atoms with Crippen LogP contribution in [0, 0.1) is 0 Å². The Bertz CT molecular complexity index is 992. The van der Waals surface area contributed by atoms with Crippen LogP contribution in [0.3, 0.4) is 0 Å². The van der Waals surface area contributed by atoms with Gasteiger partial charge in [-0.25, -0.2) is 0 Å². The zero-order valence-corrected chi connectivity index (χ0v) is 16.0. The van der Waals surface area contributed by atoms with Crippen molar-refractivity contribution < 1.29 is 14.9 Å². The molecule has 0 saturated heterocycles. The molecule has 3 rings (SSSR count). The van der Waals surface area contributed by atoms with Crippen molar-refractivity contribution in [3.05, 3.63) is 96.8 Å². The third-order valence-electron chi connectivity index (χ3n) is 4.19. The van der Waals surface area contributed by atoms with Crippen molar-refractivity contribution in [3.63, 3.8) is 0 Å². The summed E-state index contributed by atoms with van der Waals surface area (Å²) in [6.45, 7) is 5.68. The van der Waals surface area contributed by atoms with Crippen LogP contribution in [0.15, 0.2) is 85.6 Å². The fraction of sp³-hybridized carbons (Fsp3) is 0.0435. The second kappa shape index (κ2) is 8.57. The molecule has 0 aliphatic rings. The Morgan fingerprint density at radius 3 is 2.15 bits per heavy atom. The third-order valence-corrected chi connectivity index (χ3v) is 5.16. The Kier molecular flexibility index (Phi) is 5.95. The molecule has 1 atom stereocenters. The summed E-state index contributed by atoms with van der Waals surface area (Å²) >= 11 is 0. The predicted octanol–water partition coefficient (Wildman–Crippen LogP) is 5.75. The Morgan fingerprint density at radius 1 is 0.852 bits per heavy atom. The van der Waals surface area contributed by atoms with Crippen LogP contribution in [-0.2, 0) is 0 Å². The van der Waals surface area contributed by atoms with Gasteiger partial charge in [0.2, 0.25) is 0 Å². The Morgan fingerprint density at radius 2 is 1.44 bits per heavy atom. The van der Waals surface area contributed by atoms with E-state index in [-0.39, 0.29) is 11.5 Å². The first-order valence-corrected chi connectivity index (χ1v) is 10.0. The molecule has 2 N–H and O–H groups in total. The number of rotatable bonds is 6. The standard InChI is InChI=1S/C23H21O3P/c1-16(24)17-9-3-4-10-18(17)21(25)15-26-22-13-7-5-11-19(22)20-12-6-8-14-23(20)27-2/h3-15,24-25,27H,1H2,2H3/b21-15+. The summed E-state index contributed by atoms with van der Waals surface area (Å²) in [5.41, 5.74) is 3.00. The summed E-state index contributed by atoms with van der Waals surface area (Å²) in [7, 11) is 0.663. The predicted molar refractivity (Wildman–Crippen MR) is 115 cm³/mol. The molecule has 4 heteroatoms. The Labute approximate surface area is 161 Å². The van der Waals surface area contributed by atoms with Crippen LogP contribution >= 0.6 is 8.58 Å². The fourth-order valence-electron chi connectivity index (χ4n) is 2.87. The number of benzene rings is 3. The van der Waals surface area contributed by atoms with Gasteiger partial charge in [-0.2, -0.15) is 0 Å². The van der Waals surface area contributed by atoms with Crippen LogP contribution in [0.5, 0.6) is 5.75 Å². The summed E-state index contributed by atoms with van der Waals surface area (Å²) in [6, 6.07) is 22.9. The van der Waals surface area contributed by atoms with Crippen LogP contribution in [-0.4, -0.2) is 16.9 Å². The first-order chi connectivity index (χ1) is 13.1. The highest BCUT2D eigenvalue weighted by Crippen LogP contribution is 2.31. The van der Waals surface area contributed by atoms with Gasteiger partial charge >= 0.3 is 0 Å². The van der Waals surface area contributed by atoms with Gasteiger partial charge in [0.15, 0.2) is 5.76 Å². The van der Waals surface area contributed by atoms with Crippen LogP contribution in [0.2, 0.25) is 0 Å². The minimum absolute atomic E-state index is 0.0822. The maximum absolute atomic E-state index is 10.5. The zero-order chi connectivity index (χ0) is 19.2. The van der Waals surface area contributed by atoms with Crippen LogP contribution in [0.1, 0.15) is 11.1 Å². The van der Waals surface area contributed by atoms with Crippen molar-refractivity contribution in [1.29, 1.82) is 0 Å². The average molecular weight is 376 g/mol. The highest BCUT2D eigenvalue weighted by molar-refractivity contribution is 7.46. The largest absolute Gasteiger partial charge is 0.508 e. The molecule has 1 unspecified atom stereocenters. The van der Waals surface area contributed by atoms with E-state index in [0.717, 1.165) is 11.1 Å². The molecule has 0 amide bonds. The van der Waals surface area contributed by atoms with E-state index in [1.54, 1.807) is 24.3 Å². The molecule has 0 spiro atoms. The smallest absolute Gasteiger partial charge is 0.158 e. The van der Waals surface area contributed by atoms with Crippen molar-refractivity contribution in [2.24, 2.45) is 0 Å². The molecule has 27 heavy (non-hydrogen) atoms. The molecule has 0 aliphatic carbocycles. The van der Waals surface area contributed by atoms with Crippen molar-refractivity contribution in [2.45, 2.75) is 0 Å². The molecule has 3 aromatic rings. The highest BCUT2D eigenvalue weighted by atomic mass is 31.1. The van der Waals surface area contributed by atoms with Gasteiger partial charge in [0, 0.05) is 16.7 Å². The van der Waals surface area contributed by atoms with Gasteiger partial charge in [0.05, 0.1) is 0 Å². The molecule has 3 nitrogen and oxygen atoms in total. The summed E-state index contributed by atoms with van der Waals surface area (Å²) in [4.78, 5) is 0. The van der Waals surface area contributed by atoms with Gasteiger partial charge < -0.3 is 14.9 Å². The highest BCUT2D eigenvalue weighted by Gasteiger charge is 2.11. The van der Waals surface area contributed by atoms with Crippen LogP contribution in [0.25, 0.3) is 22.6 Å². The van der Waals surface area contributed by atoms with E-state index in [9.17, 15) is 10.2 Å². The van der Waals surface area contributed by atoms with Crippen LogP contribution < -0.4 is 10.0 Å². The number of para-hydroxylation sites is 1. The Balaban J connectivity index is 1.96. The van der Waals surface area contributed by atoms with Crippen molar-refractivity contribution in [3.8, 4) is 16.9 Å². The third kappa shape index (κ3) is 4.21. The molecule has 0 heterocycles. The molecule has 0 aliphatic heterocycles. The lowest BCUT2D eigenvalue weighted by Crippen LogP contribution is -2.00. The first kappa shape index (κ1) is 18.8. The lowest BCUT2D eigenvalue weighted by atomic mass is 10.0. The molecular formula is C23H21O3P. The van der Waals surface area contributed by atoms with Crippen molar-refractivity contribution in [1.82, 2.24) is 0 Å². The zero-order valence-electron chi connectivity index (χ0n) is 15.0. The molecule has 0 saturated carbocycles. The van der Waals surface area contributed by atoms with Gasteiger partial charge in [0.1, 0.15) is 17.8 Å². The van der Waals surface area contributed by atoms with Crippen LogP contribution in [0.4, 0.5) is 0 Å². The molecule has 136 valence electrons. The first-order valence-electron chi connectivity index (χ1n) is 8.51. The maximum atomic E-state index is 10.5. The molecule has 0 aromatic heterocycles. The van der Waals surface area contributed by atoms with Crippen molar-refractivity contribution >= 4 is 25.4 Å². The minimum atomic E-state index is -0.108. The second-order valence-corrected chi connectivity index (χ2v) is 6.94. The van der Waals surface area contributed by atoms with Gasteiger partial charge in [-0.1, -0.05) is 81.9 Å². The van der Waals surface area contributed by atoms with Gasteiger partial charge in [0.25, 0.3) is 0 Å². The van der Waals surface area contributed by atoms with E-state index in [1.165, 1.54) is 11.6 Å². The summed E-state index contributed by atoms with van der Waals surface area (Å²) in [6.07, 6.45) is 1.29. The monoisotopic (exact) mass is 376 g/mol. The topological polar surface area (TPSA) is 49.7 Å². The molecule has 3 aromatic carbocycles. The SMILES string of the molecule is C=C(O)c1ccccc1/C(O)=C\Oc1ccccc1-c1ccccc1PC. The molecule has 0 bridgehead atoms. The quantitative estimate of drug-likeness (QED) is 0.425. The lowest BCUT2D eigenvalue weighted by Gasteiger charge is -2.13. The van der Waals surface area contributed by atoms with Gasteiger partial charge in [-0.05, 0) is 23.6 Å². The van der Waals surface area contributed by atoms with Crippen molar-refractivity contribution in [2.75, 3.05) is 6.66 Å². The Hall–Kier alpha value is -3.03. The summed E-state index contributed by atoms with van der Waals surface area (Å²) < 4.78 is 5.82. The van der Waals surface area contributed by atoms with E-state index in [0.29, 0.717) is 25.5 Å². The molecule has 0 fully saturated rings. The van der Waals surface area contributed by atoms with E-state index >= 15 is 0 Å². The molecule has 0 radical (unpaired) electrons. The maximum Gasteiger partial charge on any atom is 0.158 e. The number of hydrogen-bond donors (Lipinski definition) is 2. The minimum Gasteiger partial charge on any atom is -0.508 e. The number of ether oxygens (including phenoxy) is 1. The van der Waals surface area contributed by atoms with Gasteiger partial charge in [-0.15, -0.1) is 0 Å². The van der Waals surface area contributed by atoms with Gasteiger partial charge in [-0.3, -0.25) is 0 Å². The van der Waals surface area contributed by atoms with E-state index < -0.39 is 0 Å². The number of aliphatic hydroxyl groups excluding tert-OH is 2. The lowest BCUT2D eigenvalue weighted by molar-refractivity contribution is 0.439. The summed E-state index contributed by atoms with van der Waals surface area (Å²) in [5.74, 6) is 0.458. The second-order valence-electron chi connectivity index (χ2n) is 5.90. The fourth-order valence-corrected chi connectivity index (χ4v) is 3.62. The van der Waals surface area contributed by atoms with E-state index in [1.807, 2.05) is 36.4 Å².